The average molecular weight is 474 g/mol. The molecule has 1 aliphatic heterocycles. The fraction of sp³-hybridized carbons (Fsp3) is 0.750. The van der Waals surface area contributed by atoms with Crippen molar-refractivity contribution in [2.45, 2.75) is 70.1 Å². The van der Waals surface area contributed by atoms with Gasteiger partial charge in [-0.05, 0) is 43.6 Å². The van der Waals surface area contributed by atoms with E-state index in [1.165, 1.54) is 4.90 Å². The van der Waals surface area contributed by atoms with Gasteiger partial charge in [0.1, 0.15) is 18.1 Å². The summed E-state index contributed by atoms with van der Waals surface area (Å²) in [5.41, 5.74) is 11.2. The molecule has 0 spiro atoms. The fourth-order valence-corrected chi connectivity index (χ4v) is 3.96. The van der Waals surface area contributed by atoms with E-state index < -0.39 is 53.8 Å². The van der Waals surface area contributed by atoms with E-state index in [9.17, 15) is 29.1 Å². The van der Waals surface area contributed by atoms with Gasteiger partial charge in [-0.15, -0.1) is 0 Å². The highest BCUT2D eigenvalue weighted by molar-refractivity contribution is 7.98. The number of primary amides is 1. The van der Waals surface area contributed by atoms with Gasteiger partial charge in [0, 0.05) is 13.0 Å². The number of amides is 4. The van der Waals surface area contributed by atoms with Crippen molar-refractivity contribution in [3.05, 3.63) is 0 Å². The van der Waals surface area contributed by atoms with Crippen LogP contribution < -0.4 is 22.1 Å². The Hall–Kier alpha value is -2.34. The van der Waals surface area contributed by atoms with E-state index in [1.807, 2.05) is 6.26 Å². The molecule has 0 saturated carbocycles. The second kappa shape index (κ2) is 13.3. The van der Waals surface area contributed by atoms with E-state index in [2.05, 4.69) is 10.6 Å². The van der Waals surface area contributed by atoms with Gasteiger partial charge in [0.2, 0.25) is 23.6 Å². The van der Waals surface area contributed by atoms with Crippen LogP contribution in [0.25, 0.3) is 0 Å². The first-order valence-electron chi connectivity index (χ1n) is 10.7. The summed E-state index contributed by atoms with van der Waals surface area (Å²) in [6, 6.07) is -3.83. The quantitative estimate of drug-likeness (QED) is 0.226. The zero-order chi connectivity index (χ0) is 24.4. The van der Waals surface area contributed by atoms with E-state index in [-0.39, 0.29) is 18.7 Å². The number of rotatable bonds is 13. The molecule has 11 nitrogen and oxygen atoms in total. The second-order valence-electron chi connectivity index (χ2n) is 8.21. The number of carboxylic acids is 1. The summed E-state index contributed by atoms with van der Waals surface area (Å²) in [5, 5.41) is 14.3. The summed E-state index contributed by atoms with van der Waals surface area (Å²) < 4.78 is 0. The van der Waals surface area contributed by atoms with Crippen LogP contribution in [0.15, 0.2) is 0 Å². The molecule has 1 aliphatic rings. The number of nitrogens with one attached hydrogen (secondary N) is 2. The van der Waals surface area contributed by atoms with Crippen LogP contribution in [-0.4, -0.2) is 82.3 Å². The van der Waals surface area contributed by atoms with E-state index in [4.69, 9.17) is 11.5 Å². The van der Waals surface area contributed by atoms with Crippen molar-refractivity contribution in [1.29, 1.82) is 0 Å². The van der Waals surface area contributed by atoms with Crippen LogP contribution in [0.1, 0.15) is 46.0 Å². The molecule has 182 valence electrons. The van der Waals surface area contributed by atoms with Crippen LogP contribution >= 0.6 is 11.8 Å². The van der Waals surface area contributed by atoms with Gasteiger partial charge in [0.25, 0.3) is 0 Å². The zero-order valence-electron chi connectivity index (χ0n) is 18.8. The first kappa shape index (κ1) is 27.7. The maximum absolute atomic E-state index is 12.9. The largest absolute Gasteiger partial charge is 0.480 e. The second-order valence-corrected chi connectivity index (χ2v) is 9.20. The molecule has 0 aliphatic carbocycles. The Kier molecular flexibility index (Phi) is 11.5. The molecule has 1 saturated heterocycles. The summed E-state index contributed by atoms with van der Waals surface area (Å²) in [6.07, 6.45) is 3.16. The van der Waals surface area contributed by atoms with Gasteiger partial charge in [0.05, 0.1) is 6.04 Å². The highest BCUT2D eigenvalue weighted by Gasteiger charge is 2.38. The van der Waals surface area contributed by atoms with E-state index in [0.717, 1.165) is 0 Å². The minimum Gasteiger partial charge on any atom is -0.480 e. The third-order valence-electron chi connectivity index (χ3n) is 5.33. The van der Waals surface area contributed by atoms with Crippen molar-refractivity contribution in [3.8, 4) is 0 Å². The number of likely N-dealkylation sites (tertiary alicyclic amines) is 1. The first-order chi connectivity index (χ1) is 15.0. The third-order valence-corrected chi connectivity index (χ3v) is 5.98. The topological polar surface area (TPSA) is 185 Å². The minimum absolute atomic E-state index is 0.0920. The van der Waals surface area contributed by atoms with Gasteiger partial charge < -0.3 is 32.1 Å². The normalized spacial score (nSPS) is 18.7. The van der Waals surface area contributed by atoms with Crippen LogP contribution in [0.2, 0.25) is 0 Å². The molecule has 1 heterocycles. The predicted octanol–water partition coefficient (Wildman–Crippen LogP) is -0.966. The summed E-state index contributed by atoms with van der Waals surface area (Å²) in [6.45, 7) is 3.66. The standard InChI is InChI=1S/C20H35N5O6S/c1-11(2)16(20(30)31)24-17(27)13(6-7-15(22)26)23-18(28)14-5-4-9-25(14)19(29)12(21)8-10-32-3/h11-14,16H,4-10,21H2,1-3H3,(H2,22,26)(H,23,28)(H,24,27)(H,30,31). The van der Waals surface area contributed by atoms with Crippen LogP contribution in [-0.2, 0) is 24.0 Å². The summed E-state index contributed by atoms with van der Waals surface area (Å²) in [5.74, 6) is -3.14. The van der Waals surface area contributed by atoms with E-state index in [0.29, 0.717) is 31.6 Å². The minimum atomic E-state index is -1.21. The van der Waals surface area contributed by atoms with Gasteiger partial charge >= 0.3 is 5.97 Å². The number of hydrogen-bond donors (Lipinski definition) is 5. The number of nitrogens with zero attached hydrogens (tertiary/aromatic N) is 1. The Morgan fingerprint density at radius 3 is 2.34 bits per heavy atom. The number of nitrogens with two attached hydrogens (primary N) is 2. The SMILES string of the molecule is CSCCC(N)C(=O)N1CCCC1C(=O)NC(CCC(N)=O)C(=O)NC(C(=O)O)C(C)C. The van der Waals surface area contributed by atoms with Crippen molar-refractivity contribution in [1.82, 2.24) is 15.5 Å². The van der Waals surface area contributed by atoms with Crippen molar-refractivity contribution in [2.75, 3.05) is 18.6 Å². The number of aliphatic carboxylic acids is 1. The van der Waals surface area contributed by atoms with Crippen molar-refractivity contribution < 1.29 is 29.1 Å². The maximum atomic E-state index is 12.9. The zero-order valence-corrected chi connectivity index (χ0v) is 19.7. The molecule has 1 fully saturated rings. The Morgan fingerprint density at radius 1 is 1.16 bits per heavy atom. The molecule has 1 rings (SSSR count). The molecule has 0 aromatic heterocycles. The molecular formula is C20H35N5O6S. The Labute approximate surface area is 192 Å². The predicted molar refractivity (Wildman–Crippen MR) is 120 cm³/mol. The lowest BCUT2D eigenvalue weighted by Gasteiger charge is -2.29. The molecule has 7 N–H and O–H groups in total. The number of carbonyl (C=O) groups excluding carboxylic acids is 4. The Morgan fingerprint density at radius 2 is 1.81 bits per heavy atom. The van der Waals surface area contributed by atoms with Gasteiger partial charge in [-0.3, -0.25) is 19.2 Å². The summed E-state index contributed by atoms with van der Waals surface area (Å²) >= 11 is 1.57. The smallest absolute Gasteiger partial charge is 0.326 e. The van der Waals surface area contributed by atoms with Crippen molar-refractivity contribution in [3.63, 3.8) is 0 Å². The highest BCUT2D eigenvalue weighted by atomic mass is 32.2. The molecule has 0 aromatic rings. The molecule has 32 heavy (non-hydrogen) atoms. The van der Waals surface area contributed by atoms with E-state index in [1.54, 1.807) is 25.6 Å². The first-order valence-corrected chi connectivity index (χ1v) is 12.1. The van der Waals surface area contributed by atoms with Crippen molar-refractivity contribution >= 4 is 41.4 Å². The van der Waals surface area contributed by atoms with Crippen molar-refractivity contribution in [2.24, 2.45) is 17.4 Å². The Balaban J connectivity index is 2.92. The summed E-state index contributed by atoms with van der Waals surface area (Å²) in [7, 11) is 0. The highest BCUT2D eigenvalue weighted by Crippen LogP contribution is 2.20. The van der Waals surface area contributed by atoms with Crippen LogP contribution in [0, 0.1) is 5.92 Å². The molecule has 0 aromatic carbocycles. The number of hydrogen-bond acceptors (Lipinski definition) is 7. The van der Waals surface area contributed by atoms with Gasteiger partial charge in [-0.25, -0.2) is 4.79 Å². The molecule has 4 amide bonds. The lowest BCUT2D eigenvalue weighted by atomic mass is 10.0. The number of carboxylic acid groups (broad SMARTS) is 1. The molecule has 0 radical (unpaired) electrons. The number of carbonyl (C=O) groups is 5. The van der Waals surface area contributed by atoms with Gasteiger partial charge in [0.15, 0.2) is 0 Å². The molecular weight excluding hydrogens is 438 g/mol. The maximum Gasteiger partial charge on any atom is 0.326 e. The lowest BCUT2D eigenvalue weighted by molar-refractivity contribution is -0.144. The Bertz CT molecular complexity index is 704. The molecule has 4 unspecified atom stereocenters. The molecule has 12 heteroatoms. The fourth-order valence-electron chi connectivity index (χ4n) is 3.48. The van der Waals surface area contributed by atoms with Gasteiger partial charge in [-0.1, -0.05) is 13.8 Å². The monoisotopic (exact) mass is 473 g/mol. The van der Waals surface area contributed by atoms with Crippen LogP contribution in [0.3, 0.4) is 0 Å². The molecule has 4 atom stereocenters. The van der Waals surface area contributed by atoms with Gasteiger partial charge in [-0.2, -0.15) is 11.8 Å². The lowest BCUT2D eigenvalue weighted by Crippen LogP contribution is -2.57. The summed E-state index contributed by atoms with van der Waals surface area (Å²) in [4.78, 5) is 62.4. The van der Waals surface area contributed by atoms with Crippen LogP contribution in [0.5, 0.6) is 0 Å². The third kappa shape index (κ3) is 8.30. The van der Waals surface area contributed by atoms with Crippen LogP contribution in [0.4, 0.5) is 0 Å². The number of thioether (sulfide) groups is 1. The van der Waals surface area contributed by atoms with E-state index >= 15 is 0 Å². The average Bonchev–Trinajstić information content (AvgIpc) is 3.21. The molecule has 0 bridgehead atoms.